The Morgan fingerprint density at radius 3 is 2.78 bits per heavy atom. The molecule has 1 aliphatic rings. The maximum atomic E-state index is 12.5. The fourth-order valence-electron chi connectivity index (χ4n) is 2.29. The number of piperidine rings is 1. The summed E-state index contributed by atoms with van der Waals surface area (Å²) in [5.74, 6) is 0.367. The number of rotatable bonds is 3. The molecule has 0 aromatic carbocycles. The van der Waals surface area contributed by atoms with Crippen LogP contribution in [0.5, 0.6) is 0 Å². The third-order valence-corrected chi connectivity index (χ3v) is 6.62. The van der Waals surface area contributed by atoms with Crippen molar-refractivity contribution in [2.45, 2.75) is 37.5 Å². The largest absolute Gasteiger partial charge is 0.243 e. The number of hydrogen-bond acceptors (Lipinski definition) is 3. The Morgan fingerprint density at radius 2 is 2.22 bits per heavy atom. The first kappa shape index (κ1) is 14.3. The molecule has 0 N–H and O–H groups in total. The molecule has 2 rings (SSSR count). The van der Waals surface area contributed by atoms with Crippen LogP contribution >= 0.6 is 22.9 Å². The van der Waals surface area contributed by atoms with Crippen molar-refractivity contribution in [1.29, 1.82) is 0 Å². The van der Waals surface area contributed by atoms with Gasteiger partial charge in [-0.2, -0.15) is 4.31 Å². The highest BCUT2D eigenvalue weighted by Gasteiger charge is 2.34. The van der Waals surface area contributed by atoms with Gasteiger partial charge in [0.25, 0.3) is 0 Å². The van der Waals surface area contributed by atoms with Crippen LogP contribution in [0.1, 0.15) is 31.6 Å². The van der Waals surface area contributed by atoms with Gasteiger partial charge in [0.05, 0.1) is 10.8 Å². The first-order valence-corrected chi connectivity index (χ1v) is 8.84. The molecule has 1 saturated heterocycles. The Hall–Kier alpha value is -0.100. The first-order chi connectivity index (χ1) is 8.35. The molecule has 0 aliphatic carbocycles. The number of hydrogen-bond donors (Lipinski definition) is 0. The van der Waals surface area contributed by atoms with Crippen molar-refractivity contribution >= 4 is 33.0 Å². The molecule has 2 heterocycles. The zero-order valence-corrected chi connectivity index (χ0v) is 13.0. The molecule has 1 aliphatic heterocycles. The summed E-state index contributed by atoms with van der Waals surface area (Å²) >= 11 is 7.13. The molecule has 18 heavy (non-hydrogen) atoms. The fourth-order valence-corrected chi connectivity index (χ4v) is 5.33. The number of halogens is 1. The molecule has 102 valence electrons. The molecule has 0 radical (unpaired) electrons. The maximum absolute atomic E-state index is 12.5. The van der Waals surface area contributed by atoms with Gasteiger partial charge >= 0.3 is 0 Å². The zero-order valence-electron chi connectivity index (χ0n) is 10.6. The van der Waals surface area contributed by atoms with Crippen LogP contribution in [0.2, 0.25) is 0 Å². The topological polar surface area (TPSA) is 37.4 Å². The molecular formula is C12H18ClNO2S2. The fraction of sp³-hybridized carbons (Fsp3) is 0.667. The molecule has 0 bridgehead atoms. The second-order valence-electron chi connectivity index (χ2n) is 5.49. The van der Waals surface area contributed by atoms with Crippen LogP contribution in [0, 0.1) is 5.41 Å². The van der Waals surface area contributed by atoms with E-state index in [0.717, 1.165) is 17.7 Å². The van der Waals surface area contributed by atoms with Crippen LogP contribution in [0.4, 0.5) is 0 Å². The van der Waals surface area contributed by atoms with Gasteiger partial charge in [0.1, 0.15) is 0 Å². The van der Waals surface area contributed by atoms with Crippen molar-refractivity contribution in [2.24, 2.45) is 5.41 Å². The van der Waals surface area contributed by atoms with Crippen LogP contribution in [-0.4, -0.2) is 25.8 Å². The van der Waals surface area contributed by atoms with E-state index in [0.29, 0.717) is 23.9 Å². The van der Waals surface area contributed by atoms with E-state index in [4.69, 9.17) is 11.6 Å². The smallest absolute Gasteiger partial charge is 0.207 e. The quantitative estimate of drug-likeness (QED) is 0.804. The Kier molecular flexibility index (Phi) is 4.07. The molecule has 0 spiro atoms. The van der Waals surface area contributed by atoms with Gasteiger partial charge < -0.3 is 0 Å². The van der Waals surface area contributed by atoms with E-state index in [1.165, 1.54) is 11.3 Å². The Morgan fingerprint density at radius 1 is 1.50 bits per heavy atom. The van der Waals surface area contributed by atoms with Crippen molar-refractivity contribution in [3.63, 3.8) is 0 Å². The molecule has 0 atom stereocenters. The van der Waals surface area contributed by atoms with Gasteiger partial charge in [0, 0.05) is 23.3 Å². The van der Waals surface area contributed by atoms with Gasteiger partial charge in [-0.05, 0) is 24.3 Å². The van der Waals surface area contributed by atoms with Crippen molar-refractivity contribution in [3.8, 4) is 0 Å². The predicted molar refractivity (Wildman–Crippen MR) is 75.6 cm³/mol. The van der Waals surface area contributed by atoms with Crippen molar-refractivity contribution in [2.75, 3.05) is 13.1 Å². The number of nitrogens with zero attached hydrogens (tertiary/aromatic N) is 1. The molecule has 0 unspecified atom stereocenters. The molecule has 6 heteroatoms. The lowest BCUT2D eigenvalue weighted by Crippen LogP contribution is -2.43. The van der Waals surface area contributed by atoms with Gasteiger partial charge in [0.2, 0.25) is 10.0 Å². The summed E-state index contributed by atoms with van der Waals surface area (Å²) in [6.45, 7) is 5.46. The molecule has 0 saturated carbocycles. The molecular weight excluding hydrogens is 290 g/mol. The Labute approximate surface area is 118 Å². The van der Waals surface area contributed by atoms with Gasteiger partial charge in [-0.15, -0.1) is 22.9 Å². The molecule has 1 aromatic rings. The van der Waals surface area contributed by atoms with E-state index < -0.39 is 10.0 Å². The molecule has 3 nitrogen and oxygen atoms in total. The minimum Gasteiger partial charge on any atom is -0.207 e. The van der Waals surface area contributed by atoms with Gasteiger partial charge in [-0.3, -0.25) is 0 Å². The Bertz CT molecular complexity index is 522. The van der Waals surface area contributed by atoms with E-state index in [2.05, 4.69) is 13.8 Å². The van der Waals surface area contributed by atoms with E-state index >= 15 is 0 Å². The standard InChI is InChI=1S/C12H18ClNO2S2/c1-12(2)4-3-5-14(9-12)18(15,16)11-6-10(7-13)17-8-11/h6,8H,3-5,7,9H2,1-2H3. The second-order valence-corrected chi connectivity index (χ2v) is 8.69. The Balaban J connectivity index is 2.25. The van der Waals surface area contributed by atoms with Crippen molar-refractivity contribution in [3.05, 3.63) is 16.3 Å². The lowest BCUT2D eigenvalue weighted by molar-refractivity contribution is 0.187. The molecule has 1 aromatic heterocycles. The summed E-state index contributed by atoms with van der Waals surface area (Å²) < 4.78 is 26.6. The number of sulfonamides is 1. The van der Waals surface area contributed by atoms with Gasteiger partial charge in [0.15, 0.2) is 0 Å². The highest BCUT2D eigenvalue weighted by Crippen LogP contribution is 2.33. The lowest BCUT2D eigenvalue weighted by Gasteiger charge is -2.36. The molecule has 1 fully saturated rings. The monoisotopic (exact) mass is 307 g/mol. The summed E-state index contributed by atoms with van der Waals surface area (Å²) in [7, 11) is -3.34. The first-order valence-electron chi connectivity index (χ1n) is 5.99. The van der Waals surface area contributed by atoms with Crippen LogP contribution < -0.4 is 0 Å². The molecule has 0 amide bonds. The van der Waals surface area contributed by atoms with E-state index in [-0.39, 0.29) is 5.41 Å². The van der Waals surface area contributed by atoms with Crippen LogP contribution in [0.3, 0.4) is 0 Å². The SMILES string of the molecule is CC1(C)CCCN(S(=O)(=O)c2csc(CCl)c2)C1. The van der Waals surface area contributed by atoms with E-state index in [1.54, 1.807) is 15.8 Å². The average molecular weight is 308 g/mol. The highest BCUT2D eigenvalue weighted by molar-refractivity contribution is 7.89. The highest BCUT2D eigenvalue weighted by atomic mass is 35.5. The predicted octanol–water partition coefficient (Wildman–Crippen LogP) is 3.30. The number of thiophene rings is 1. The average Bonchev–Trinajstić information content (AvgIpc) is 2.76. The van der Waals surface area contributed by atoms with Crippen molar-refractivity contribution < 1.29 is 8.42 Å². The minimum absolute atomic E-state index is 0.0661. The van der Waals surface area contributed by atoms with Gasteiger partial charge in [-0.25, -0.2) is 8.42 Å². The van der Waals surface area contributed by atoms with Crippen LogP contribution in [-0.2, 0) is 15.9 Å². The van der Waals surface area contributed by atoms with Gasteiger partial charge in [-0.1, -0.05) is 13.8 Å². The van der Waals surface area contributed by atoms with E-state index in [9.17, 15) is 8.42 Å². The summed E-state index contributed by atoms with van der Waals surface area (Å²) in [4.78, 5) is 1.28. The summed E-state index contributed by atoms with van der Waals surface area (Å²) in [6, 6.07) is 1.69. The lowest BCUT2D eigenvalue weighted by atomic mass is 9.85. The number of alkyl halides is 1. The summed E-state index contributed by atoms with van der Waals surface area (Å²) in [6.07, 6.45) is 2.01. The summed E-state index contributed by atoms with van der Waals surface area (Å²) in [5, 5.41) is 1.69. The van der Waals surface area contributed by atoms with E-state index in [1.807, 2.05) is 0 Å². The van der Waals surface area contributed by atoms with Crippen molar-refractivity contribution in [1.82, 2.24) is 4.31 Å². The van der Waals surface area contributed by atoms with Crippen LogP contribution in [0.25, 0.3) is 0 Å². The third kappa shape index (κ3) is 2.90. The van der Waals surface area contributed by atoms with Crippen LogP contribution in [0.15, 0.2) is 16.3 Å². The maximum Gasteiger partial charge on any atom is 0.243 e. The second kappa shape index (κ2) is 5.12. The zero-order chi connectivity index (χ0) is 13.4. The summed E-state index contributed by atoms with van der Waals surface area (Å²) in [5.41, 5.74) is 0.0661. The normalized spacial score (nSPS) is 21.1. The third-order valence-electron chi connectivity index (χ3n) is 3.26. The minimum atomic E-state index is -3.34.